The molecule has 4 heteroatoms. The van der Waals surface area contributed by atoms with Gasteiger partial charge in [-0.1, -0.05) is 33.3 Å². The van der Waals surface area contributed by atoms with Gasteiger partial charge in [0.05, 0.1) is 19.8 Å². The van der Waals surface area contributed by atoms with Gasteiger partial charge < -0.3 is 20.1 Å². The fourth-order valence-electron chi connectivity index (χ4n) is 2.75. The Morgan fingerprint density at radius 2 is 1.67 bits per heavy atom. The topological polar surface area (TPSA) is 47.7 Å². The van der Waals surface area contributed by atoms with Crippen LogP contribution in [-0.2, 0) is 5.54 Å². The highest BCUT2D eigenvalue weighted by Crippen LogP contribution is 2.33. The first-order chi connectivity index (χ1) is 10.0. The van der Waals surface area contributed by atoms with Crippen LogP contribution >= 0.6 is 0 Å². The summed E-state index contributed by atoms with van der Waals surface area (Å²) in [5.41, 5.74) is 7.50. The Hall–Kier alpha value is -1.26. The highest BCUT2D eigenvalue weighted by Gasteiger charge is 2.29. The summed E-state index contributed by atoms with van der Waals surface area (Å²) in [4.78, 5) is 2.37. The summed E-state index contributed by atoms with van der Waals surface area (Å²) in [5.74, 6) is 1.48. The number of nitrogens with two attached hydrogens (primary N) is 1. The fraction of sp³-hybridized carbons (Fsp3) is 0.647. The average Bonchev–Trinajstić information content (AvgIpc) is 2.52. The van der Waals surface area contributed by atoms with Gasteiger partial charge in [-0.3, -0.25) is 0 Å². The predicted octanol–water partition coefficient (Wildman–Crippen LogP) is 3.00. The molecule has 0 aliphatic rings. The van der Waals surface area contributed by atoms with E-state index in [1.54, 1.807) is 14.2 Å². The lowest BCUT2D eigenvalue weighted by Crippen LogP contribution is -2.47. The van der Waals surface area contributed by atoms with Gasteiger partial charge in [0, 0.05) is 6.54 Å². The lowest BCUT2D eigenvalue weighted by molar-refractivity contribution is 0.215. The molecule has 0 saturated heterocycles. The second-order valence-corrected chi connectivity index (χ2v) is 5.44. The maximum absolute atomic E-state index is 6.76. The van der Waals surface area contributed by atoms with Crippen molar-refractivity contribution in [2.24, 2.45) is 5.73 Å². The normalized spacial score (nSPS) is 14.0. The zero-order valence-corrected chi connectivity index (χ0v) is 14.1. The Balaban J connectivity index is 3.14. The summed E-state index contributed by atoms with van der Waals surface area (Å²) in [5, 5.41) is 0. The smallest absolute Gasteiger partial charge is 0.161 e. The number of nitrogens with zero attached hydrogens (tertiary/aromatic N) is 1. The summed E-state index contributed by atoms with van der Waals surface area (Å²) >= 11 is 0. The third-order valence-corrected chi connectivity index (χ3v) is 4.05. The van der Waals surface area contributed by atoms with Gasteiger partial charge in [-0.2, -0.15) is 0 Å². The minimum atomic E-state index is -0.361. The molecule has 0 saturated carbocycles. The third-order valence-electron chi connectivity index (χ3n) is 4.05. The molecule has 0 aromatic heterocycles. The molecular formula is C17H30N2O2. The van der Waals surface area contributed by atoms with Gasteiger partial charge in [0.1, 0.15) is 0 Å². The molecule has 1 aromatic carbocycles. The number of hydrogen-bond donors (Lipinski definition) is 1. The number of hydrogen-bond acceptors (Lipinski definition) is 4. The van der Waals surface area contributed by atoms with Crippen LogP contribution < -0.4 is 15.2 Å². The Morgan fingerprint density at radius 1 is 1.05 bits per heavy atom. The van der Waals surface area contributed by atoms with Crippen molar-refractivity contribution in [3.8, 4) is 11.5 Å². The van der Waals surface area contributed by atoms with Crippen molar-refractivity contribution in [3.05, 3.63) is 23.8 Å². The van der Waals surface area contributed by atoms with E-state index in [9.17, 15) is 0 Å². The van der Waals surface area contributed by atoms with Crippen molar-refractivity contribution in [1.29, 1.82) is 0 Å². The van der Waals surface area contributed by atoms with Crippen LogP contribution in [0.25, 0.3) is 0 Å². The Bertz CT molecular complexity index is 433. The summed E-state index contributed by atoms with van der Waals surface area (Å²) in [6.07, 6.45) is 1.99. The lowest BCUT2D eigenvalue weighted by atomic mass is 9.85. The highest BCUT2D eigenvalue weighted by molar-refractivity contribution is 5.45. The van der Waals surface area contributed by atoms with Gasteiger partial charge in [-0.25, -0.2) is 0 Å². The molecule has 21 heavy (non-hydrogen) atoms. The molecule has 1 rings (SSSR count). The number of methoxy groups -OCH3 is 2. The number of rotatable bonds is 9. The summed E-state index contributed by atoms with van der Waals surface area (Å²) < 4.78 is 10.7. The predicted molar refractivity (Wildman–Crippen MR) is 88.1 cm³/mol. The van der Waals surface area contributed by atoms with Gasteiger partial charge >= 0.3 is 0 Å². The number of benzene rings is 1. The average molecular weight is 294 g/mol. The van der Waals surface area contributed by atoms with Crippen molar-refractivity contribution < 1.29 is 9.47 Å². The van der Waals surface area contributed by atoms with E-state index in [1.807, 2.05) is 12.1 Å². The second-order valence-electron chi connectivity index (χ2n) is 5.44. The molecule has 0 spiro atoms. The Kier molecular flexibility index (Phi) is 6.99. The molecule has 2 N–H and O–H groups in total. The summed E-state index contributed by atoms with van der Waals surface area (Å²) in [6.45, 7) is 9.38. The molecule has 0 aliphatic heterocycles. The van der Waals surface area contributed by atoms with Gasteiger partial charge in [-0.15, -0.1) is 0 Å². The van der Waals surface area contributed by atoms with Crippen molar-refractivity contribution in [2.45, 2.75) is 39.2 Å². The van der Waals surface area contributed by atoms with E-state index in [0.717, 1.165) is 49.5 Å². The van der Waals surface area contributed by atoms with E-state index >= 15 is 0 Å². The van der Waals surface area contributed by atoms with Crippen molar-refractivity contribution in [3.63, 3.8) is 0 Å². The largest absolute Gasteiger partial charge is 0.493 e. The van der Waals surface area contributed by atoms with Crippen LogP contribution in [0.15, 0.2) is 18.2 Å². The van der Waals surface area contributed by atoms with E-state index in [4.69, 9.17) is 15.2 Å². The Morgan fingerprint density at radius 3 is 2.14 bits per heavy atom. The van der Waals surface area contributed by atoms with E-state index in [-0.39, 0.29) is 5.54 Å². The highest BCUT2D eigenvalue weighted by atomic mass is 16.5. The first-order valence-corrected chi connectivity index (χ1v) is 7.78. The van der Waals surface area contributed by atoms with Gasteiger partial charge in [-0.05, 0) is 37.2 Å². The zero-order valence-electron chi connectivity index (χ0n) is 14.1. The molecule has 120 valence electrons. The quantitative estimate of drug-likeness (QED) is 0.760. The van der Waals surface area contributed by atoms with E-state index in [2.05, 4.69) is 31.7 Å². The Labute approximate surface area is 129 Å². The van der Waals surface area contributed by atoms with Crippen LogP contribution in [0, 0.1) is 0 Å². The van der Waals surface area contributed by atoms with Crippen LogP contribution in [0.1, 0.15) is 39.2 Å². The minimum absolute atomic E-state index is 0.361. The molecule has 1 unspecified atom stereocenters. The zero-order chi connectivity index (χ0) is 15.9. The minimum Gasteiger partial charge on any atom is -0.493 e. The summed E-state index contributed by atoms with van der Waals surface area (Å²) in [7, 11) is 3.30. The monoisotopic (exact) mass is 294 g/mol. The summed E-state index contributed by atoms with van der Waals surface area (Å²) in [6, 6.07) is 6.01. The molecule has 4 nitrogen and oxygen atoms in total. The molecular weight excluding hydrogens is 264 g/mol. The van der Waals surface area contributed by atoms with E-state index in [0.29, 0.717) is 0 Å². The van der Waals surface area contributed by atoms with Gasteiger partial charge in [0.15, 0.2) is 11.5 Å². The SMILES string of the molecule is CCCC(N)(CN(CC)CC)c1ccc(OC)c(OC)c1. The molecule has 0 fully saturated rings. The molecule has 0 heterocycles. The van der Waals surface area contributed by atoms with Crippen molar-refractivity contribution >= 4 is 0 Å². The van der Waals surface area contributed by atoms with Crippen molar-refractivity contribution in [1.82, 2.24) is 4.90 Å². The van der Waals surface area contributed by atoms with E-state index in [1.165, 1.54) is 0 Å². The second kappa shape index (κ2) is 8.25. The molecule has 0 bridgehead atoms. The first kappa shape index (κ1) is 17.8. The first-order valence-electron chi connectivity index (χ1n) is 7.78. The molecule has 0 aliphatic carbocycles. The molecule has 1 aromatic rings. The maximum atomic E-state index is 6.76. The van der Waals surface area contributed by atoms with Crippen LogP contribution in [0.4, 0.5) is 0 Å². The third kappa shape index (κ3) is 4.35. The van der Waals surface area contributed by atoms with Gasteiger partial charge in [0.2, 0.25) is 0 Å². The van der Waals surface area contributed by atoms with Crippen LogP contribution in [-0.4, -0.2) is 38.8 Å². The molecule has 0 radical (unpaired) electrons. The standard InChI is InChI=1S/C17H30N2O2/c1-6-11-17(18,13-19(7-2)8-3)14-9-10-15(20-4)16(12-14)21-5/h9-10,12H,6-8,11,13,18H2,1-5H3. The number of ether oxygens (including phenoxy) is 2. The van der Waals surface area contributed by atoms with Crippen molar-refractivity contribution in [2.75, 3.05) is 33.9 Å². The van der Waals surface area contributed by atoms with Crippen LogP contribution in [0.3, 0.4) is 0 Å². The van der Waals surface area contributed by atoms with Gasteiger partial charge in [0.25, 0.3) is 0 Å². The van der Waals surface area contributed by atoms with E-state index < -0.39 is 0 Å². The molecule has 1 atom stereocenters. The van der Waals surface area contributed by atoms with Crippen LogP contribution in [0.2, 0.25) is 0 Å². The lowest BCUT2D eigenvalue weighted by Gasteiger charge is -2.35. The fourth-order valence-corrected chi connectivity index (χ4v) is 2.75. The van der Waals surface area contributed by atoms with Crippen LogP contribution in [0.5, 0.6) is 11.5 Å². The maximum Gasteiger partial charge on any atom is 0.161 e. The molecule has 0 amide bonds. The number of likely N-dealkylation sites (N-methyl/N-ethyl adjacent to an activating group) is 1.